The SMILES string of the molecule is Cc1c(-c2cccc(N)c2)ncnc1-n1c2ccc1cc2. The van der Waals surface area contributed by atoms with Crippen LogP contribution in [0.5, 0.6) is 0 Å². The zero-order chi connectivity index (χ0) is 14.4. The Morgan fingerprint density at radius 1 is 0.952 bits per heavy atom. The van der Waals surface area contributed by atoms with Crippen molar-refractivity contribution in [1.82, 2.24) is 14.5 Å². The van der Waals surface area contributed by atoms with Crippen LogP contribution >= 0.6 is 0 Å². The summed E-state index contributed by atoms with van der Waals surface area (Å²) < 4.78 is 2.15. The first-order valence-corrected chi connectivity index (χ1v) is 6.82. The minimum Gasteiger partial charge on any atom is -0.399 e. The van der Waals surface area contributed by atoms with Crippen molar-refractivity contribution in [3.63, 3.8) is 0 Å². The van der Waals surface area contributed by atoms with Crippen LogP contribution in [-0.2, 0) is 0 Å². The molecule has 0 aliphatic rings. The molecular weight excluding hydrogens is 260 g/mol. The number of fused-ring (bicyclic) bond motifs is 2. The van der Waals surface area contributed by atoms with Crippen molar-refractivity contribution in [3.8, 4) is 17.1 Å². The molecule has 0 radical (unpaired) electrons. The smallest absolute Gasteiger partial charge is 0.144 e. The van der Waals surface area contributed by atoms with Crippen molar-refractivity contribution < 1.29 is 0 Å². The number of aromatic nitrogens is 3. The second-order valence-electron chi connectivity index (χ2n) is 5.15. The van der Waals surface area contributed by atoms with Gasteiger partial charge in [-0.1, -0.05) is 12.1 Å². The molecule has 0 atom stereocenters. The standard InChI is InChI=1S/C17H14N4/c1-11-16(12-3-2-4-13(18)9-12)19-10-20-17(11)21-14-5-6-15(21)8-7-14/h2-10H,18H2,1H3. The van der Waals surface area contributed by atoms with Crippen LogP contribution in [0.25, 0.3) is 28.1 Å². The van der Waals surface area contributed by atoms with Gasteiger partial charge < -0.3 is 5.73 Å². The average Bonchev–Trinajstić information content (AvgIpc) is 3.07. The number of benzene rings is 2. The van der Waals surface area contributed by atoms with Gasteiger partial charge in [-0.05, 0) is 43.3 Å². The first-order valence-electron chi connectivity index (χ1n) is 6.82. The van der Waals surface area contributed by atoms with Crippen LogP contribution in [0.1, 0.15) is 5.56 Å². The van der Waals surface area contributed by atoms with Gasteiger partial charge in [-0.3, -0.25) is 4.57 Å². The lowest BCUT2D eigenvalue weighted by atomic mass is 10.1. The Kier molecular flexibility index (Phi) is 2.44. The topological polar surface area (TPSA) is 56.7 Å². The van der Waals surface area contributed by atoms with Gasteiger partial charge in [0.05, 0.1) is 5.69 Å². The summed E-state index contributed by atoms with van der Waals surface area (Å²) in [5, 5.41) is 0. The first-order chi connectivity index (χ1) is 10.2. The lowest BCUT2D eigenvalue weighted by Gasteiger charge is -2.11. The fourth-order valence-corrected chi connectivity index (χ4v) is 2.79. The lowest BCUT2D eigenvalue weighted by Crippen LogP contribution is -2.02. The van der Waals surface area contributed by atoms with Crippen LogP contribution in [0, 0.1) is 6.92 Å². The highest BCUT2D eigenvalue weighted by Crippen LogP contribution is 2.29. The minimum absolute atomic E-state index is 0.736. The Hall–Kier alpha value is -2.88. The Balaban J connectivity index is 1.94. The molecule has 3 aromatic heterocycles. The van der Waals surface area contributed by atoms with Crippen LogP contribution in [0.3, 0.4) is 0 Å². The molecule has 3 heterocycles. The third-order valence-electron chi connectivity index (χ3n) is 3.80. The van der Waals surface area contributed by atoms with Crippen LogP contribution in [0.15, 0.2) is 54.9 Å². The van der Waals surface area contributed by atoms with Crippen molar-refractivity contribution in [2.45, 2.75) is 6.92 Å². The van der Waals surface area contributed by atoms with Gasteiger partial charge in [0.15, 0.2) is 0 Å². The molecule has 0 saturated carbocycles. The maximum absolute atomic E-state index is 5.88. The Morgan fingerprint density at radius 2 is 1.67 bits per heavy atom. The van der Waals surface area contributed by atoms with E-state index >= 15 is 0 Å². The van der Waals surface area contributed by atoms with Gasteiger partial charge in [-0.25, -0.2) is 9.97 Å². The molecule has 4 heteroatoms. The highest BCUT2D eigenvalue weighted by molar-refractivity contribution is 5.75. The zero-order valence-electron chi connectivity index (χ0n) is 11.6. The molecule has 0 spiro atoms. The molecule has 4 rings (SSSR count). The summed E-state index contributed by atoms with van der Waals surface area (Å²) in [6, 6.07) is 16.2. The molecule has 21 heavy (non-hydrogen) atoms. The maximum atomic E-state index is 5.88. The Bertz CT molecular complexity index is 875. The number of hydrogen-bond acceptors (Lipinski definition) is 3. The number of anilines is 1. The molecular formula is C17H14N4. The monoisotopic (exact) mass is 274 g/mol. The summed E-state index contributed by atoms with van der Waals surface area (Å²) in [5.74, 6) is 0.919. The van der Waals surface area contributed by atoms with Gasteiger partial charge in [0.1, 0.15) is 12.1 Å². The van der Waals surface area contributed by atoms with Gasteiger partial charge in [-0.15, -0.1) is 0 Å². The first kappa shape index (κ1) is 11.9. The quantitative estimate of drug-likeness (QED) is 0.570. The summed E-state index contributed by atoms with van der Waals surface area (Å²) >= 11 is 0. The van der Waals surface area contributed by atoms with Gasteiger partial charge in [-0.2, -0.15) is 0 Å². The van der Waals surface area contributed by atoms with Crippen LogP contribution in [-0.4, -0.2) is 14.5 Å². The number of nitrogen functional groups attached to an aromatic ring is 1. The predicted molar refractivity (Wildman–Crippen MR) is 84.6 cm³/mol. The average molecular weight is 274 g/mol. The third-order valence-corrected chi connectivity index (χ3v) is 3.80. The molecule has 1 aromatic carbocycles. The molecule has 0 unspecified atom stereocenters. The normalized spacial score (nSPS) is 11.3. The van der Waals surface area contributed by atoms with E-state index in [9.17, 15) is 0 Å². The molecule has 0 aliphatic carbocycles. The summed E-state index contributed by atoms with van der Waals surface area (Å²) in [6.45, 7) is 2.05. The van der Waals surface area contributed by atoms with Crippen LogP contribution in [0.4, 0.5) is 5.69 Å². The molecule has 0 saturated heterocycles. The van der Waals surface area contributed by atoms with E-state index in [1.54, 1.807) is 6.33 Å². The fourth-order valence-electron chi connectivity index (χ4n) is 2.79. The summed E-state index contributed by atoms with van der Waals surface area (Å²) in [7, 11) is 0. The second kappa shape index (κ2) is 4.31. The summed E-state index contributed by atoms with van der Waals surface area (Å²) in [4.78, 5) is 8.91. The molecule has 0 aliphatic heterocycles. The van der Waals surface area contributed by atoms with Gasteiger partial charge in [0.25, 0.3) is 0 Å². The van der Waals surface area contributed by atoms with Crippen molar-refractivity contribution in [1.29, 1.82) is 0 Å². The van der Waals surface area contributed by atoms with Crippen LogP contribution in [0.2, 0.25) is 0 Å². The van der Waals surface area contributed by atoms with Gasteiger partial charge >= 0.3 is 0 Å². The van der Waals surface area contributed by atoms with E-state index in [1.165, 1.54) is 0 Å². The lowest BCUT2D eigenvalue weighted by molar-refractivity contribution is 1.02. The molecule has 4 nitrogen and oxygen atoms in total. The second-order valence-corrected chi connectivity index (χ2v) is 5.15. The summed E-state index contributed by atoms with van der Waals surface area (Å²) in [6.07, 6.45) is 1.61. The molecule has 2 N–H and O–H groups in total. The van der Waals surface area contributed by atoms with Crippen molar-refractivity contribution in [2.75, 3.05) is 5.73 Å². The van der Waals surface area contributed by atoms with E-state index in [4.69, 9.17) is 5.73 Å². The zero-order valence-corrected chi connectivity index (χ0v) is 11.6. The molecule has 4 aromatic rings. The number of rotatable bonds is 2. The van der Waals surface area contributed by atoms with Crippen molar-refractivity contribution in [3.05, 3.63) is 60.4 Å². The minimum atomic E-state index is 0.736. The predicted octanol–water partition coefficient (Wildman–Crippen LogP) is 3.42. The van der Waals surface area contributed by atoms with Crippen molar-refractivity contribution >= 4 is 16.7 Å². The fraction of sp³-hybridized carbons (Fsp3) is 0.0588. The van der Waals surface area contributed by atoms with Crippen molar-refractivity contribution in [2.24, 2.45) is 0 Å². The van der Waals surface area contributed by atoms with E-state index in [2.05, 4.69) is 38.8 Å². The van der Waals surface area contributed by atoms with E-state index in [0.29, 0.717) is 0 Å². The largest absolute Gasteiger partial charge is 0.399 e. The van der Waals surface area contributed by atoms with Gasteiger partial charge in [0, 0.05) is 27.8 Å². The highest BCUT2D eigenvalue weighted by atomic mass is 15.1. The van der Waals surface area contributed by atoms with Crippen LogP contribution < -0.4 is 5.73 Å². The molecule has 2 bridgehead atoms. The Morgan fingerprint density at radius 3 is 2.33 bits per heavy atom. The number of nitrogens with two attached hydrogens (primary N) is 1. The highest BCUT2D eigenvalue weighted by Gasteiger charge is 2.14. The van der Waals surface area contributed by atoms with Gasteiger partial charge in [0.2, 0.25) is 0 Å². The van der Waals surface area contributed by atoms with E-state index in [-0.39, 0.29) is 0 Å². The molecule has 102 valence electrons. The molecule has 0 amide bonds. The van der Waals surface area contributed by atoms with E-state index < -0.39 is 0 Å². The maximum Gasteiger partial charge on any atom is 0.144 e. The Labute approximate surface area is 122 Å². The van der Waals surface area contributed by atoms with E-state index in [0.717, 1.165) is 39.4 Å². The molecule has 0 fully saturated rings. The number of hydrogen-bond donors (Lipinski definition) is 1. The third kappa shape index (κ3) is 1.76. The summed E-state index contributed by atoms with van der Waals surface area (Å²) in [5.41, 5.74) is 11.9. The van der Waals surface area contributed by atoms with E-state index in [1.807, 2.05) is 31.2 Å². The number of nitrogens with zero attached hydrogens (tertiary/aromatic N) is 3.